The molecular weight excluding hydrogens is 453 g/mol. The minimum atomic E-state index is -0.516. The number of anilines is 3. The standard InChI is InChI=1S/C26H32FN3O3S/c1-26(2,3)33-25(31)29-10-8-22-19(15-29)18-12-16(13-23-24(18)30(22)9-5-11-34-23)28-21-7-6-17(32-4)14-20(21)27/h6-7,12-14,19,22,28H,5,8-11,15H2,1-4H3/t19-,22-/m0/s1. The molecule has 0 aromatic heterocycles. The number of methoxy groups -OCH3 is 1. The van der Waals surface area contributed by atoms with Crippen LogP contribution < -0.4 is 15.0 Å². The highest BCUT2D eigenvalue weighted by molar-refractivity contribution is 7.99. The van der Waals surface area contributed by atoms with Crippen molar-refractivity contribution in [2.24, 2.45) is 0 Å². The predicted octanol–water partition coefficient (Wildman–Crippen LogP) is 5.99. The molecule has 2 atom stereocenters. The topological polar surface area (TPSA) is 54.0 Å². The van der Waals surface area contributed by atoms with Gasteiger partial charge in [-0.15, -0.1) is 11.8 Å². The Morgan fingerprint density at radius 3 is 2.76 bits per heavy atom. The number of piperidine rings is 1. The van der Waals surface area contributed by atoms with E-state index in [2.05, 4.69) is 22.3 Å². The summed E-state index contributed by atoms with van der Waals surface area (Å²) in [5.74, 6) is 1.40. The van der Waals surface area contributed by atoms with Gasteiger partial charge in [0, 0.05) is 48.2 Å². The minimum Gasteiger partial charge on any atom is -0.497 e. The van der Waals surface area contributed by atoms with Gasteiger partial charge < -0.3 is 24.6 Å². The maximum absolute atomic E-state index is 14.6. The zero-order valence-electron chi connectivity index (χ0n) is 20.2. The molecule has 6 nitrogen and oxygen atoms in total. The number of ether oxygens (including phenoxy) is 2. The first-order chi connectivity index (χ1) is 16.2. The number of hydrogen-bond acceptors (Lipinski definition) is 6. The van der Waals surface area contributed by atoms with Gasteiger partial charge in [0.05, 0.1) is 18.5 Å². The monoisotopic (exact) mass is 485 g/mol. The van der Waals surface area contributed by atoms with Crippen molar-refractivity contribution < 1.29 is 18.7 Å². The zero-order chi connectivity index (χ0) is 24.0. The van der Waals surface area contributed by atoms with Gasteiger partial charge in [-0.25, -0.2) is 9.18 Å². The summed E-state index contributed by atoms with van der Waals surface area (Å²) in [7, 11) is 1.53. The van der Waals surface area contributed by atoms with Crippen molar-refractivity contribution in [2.75, 3.05) is 42.7 Å². The summed E-state index contributed by atoms with van der Waals surface area (Å²) < 4.78 is 25.4. The van der Waals surface area contributed by atoms with Gasteiger partial charge in [0.1, 0.15) is 17.2 Å². The van der Waals surface area contributed by atoms with Crippen LogP contribution in [0.5, 0.6) is 5.75 Å². The van der Waals surface area contributed by atoms with E-state index in [0.29, 0.717) is 30.6 Å². The average Bonchev–Trinajstić information content (AvgIpc) is 2.94. The SMILES string of the molecule is COc1ccc(Nc2cc3c4c(c2)[C@@H]2CN(C(=O)OC(C)(C)C)CC[C@@H]2N4CCCS3)c(F)c1. The van der Waals surface area contributed by atoms with Crippen LogP contribution in [-0.4, -0.2) is 55.1 Å². The summed E-state index contributed by atoms with van der Waals surface area (Å²) in [5.41, 5.74) is 3.29. The fourth-order valence-corrected chi connectivity index (χ4v) is 6.33. The number of thioether (sulfide) groups is 1. The first kappa shape index (κ1) is 23.1. The Morgan fingerprint density at radius 1 is 1.21 bits per heavy atom. The number of rotatable bonds is 3. The maximum Gasteiger partial charge on any atom is 0.410 e. The summed E-state index contributed by atoms with van der Waals surface area (Å²) >= 11 is 1.86. The third kappa shape index (κ3) is 4.40. The van der Waals surface area contributed by atoms with E-state index in [0.717, 1.165) is 30.8 Å². The summed E-state index contributed by atoms with van der Waals surface area (Å²) in [6.07, 6.45) is 1.79. The van der Waals surface area contributed by atoms with Gasteiger partial charge in [0.15, 0.2) is 0 Å². The van der Waals surface area contributed by atoms with E-state index in [-0.39, 0.29) is 17.8 Å². The molecule has 2 aromatic carbocycles. The number of amides is 1. The molecule has 3 heterocycles. The van der Waals surface area contributed by atoms with E-state index in [1.54, 1.807) is 12.1 Å². The van der Waals surface area contributed by atoms with E-state index < -0.39 is 5.60 Å². The number of hydrogen-bond donors (Lipinski definition) is 1. The van der Waals surface area contributed by atoms with Gasteiger partial charge in [-0.2, -0.15) is 0 Å². The number of nitrogens with one attached hydrogen (secondary N) is 1. The highest BCUT2D eigenvalue weighted by atomic mass is 32.2. The first-order valence-electron chi connectivity index (χ1n) is 11.9. The summed E-state index contributed by atoms with van der Waals surface area (Å²) in [4.78, 5) is 18.4. The van der Waals surface area contributed by atoms with Crippen molar-refractivity contribution in [3.63, 3.8) is 0 Å². The molecule has 0 bridgehead atoms. The Balaban J connectivity index is 1.47. The Morgan fingerprint density at radius 2 is 2.03 bits per heavy atom. The third-order valence-electron chi connectivity index (χ3n) is 6.68. The molecule has 5 rings (SSSR count). The van der Waals surface area contributed by atoms with E-state index in [1.165, 1.54) is 29.3 Å². The van der Waals surface area contributed by atoms with E-state index in [4.69, 9.17) is 9.47 Å². The van der Waals surface area contributed by atoms with E-state index >= 15 is 0 Å². The Bertz CT molecular complexity index is 1100. The normalized spacial score (nSPS) is 21.4. The minimum absolute atomic E-state index is 0.205. The quantitative estimate of drug-likeness (QED) is 0.577. The van der Waals surface area contributed by atoms with Crippen LogP contribution in [0.1, 0.15) is 45.1 Å². The average molecular weight is 486 g/mol. The highest BCUT2D eigenvalue weighted by Gasteiger charge is 2.45. The molecule has 1 saturated heterocycles. The van der Waals surface area contributed by atoms with Crippen molar-refractivity contribution >= 4 is 34.9 Å². The lowest BCUT2D eigenvalue weighted by Crippen LogP contribution is -2.49. The van der Waals surface area contributed by atoms with Gasteiger partial charge in [-0.3, -0.25) is 0 Å². The van der Waals surface area contributed by atoms with E-state index in [9.17, 15) is 9.18 Å². The highest BCUT2D eigenvalue weighted by Crippen LogP contribution is 2.52. The second-order valence-corrected chi connectivity index (χ2v) is 11.3. The van der Waals surface area contributed by atoms with Crippen molar-refractivity contribution in [3.05, 3.63) is 41.7 Å². The second kappa shape index (κ2) is 8.87. The Kier molecular flexibility index (Phi) is 6.04. The van der Waals surface area contributed by atoms with Crippen LogP contribution in [0.2, 0.25) is 0 Å². The second-order valence-electron chi connectivity index (χ2n) is 10.2. The zero-order valence-corrected chi connectivity index (χ0v) is 21.0. The number of fused-ring (bicyclic) bond motifs is 3. The van der Waals surface area contributed by atoms with Crippen molar-refractivity contribution in [1.29, 1.82) is 0 Å². The van der Waals surface area contributed by atoms with Gasteiger partial charge in [-0.1, -0.05) is 0 Å². The fourth-order valence-electron chi connectivity index (χ4n) is 5.25. The number of benzene rings is 2. The van der Waals surface area contributed by atoms with Crippen LogP contribution in [-0.2, 0) is 4.74 Å². The van der Waals surface area contributed by atoms with Gasteiger partial charge in [0.25, 0.3) is 0 Å². The van der Waals surface area contributed by atoms with E-state index in [1.807, 2.05) is 37.4 Å². The van der Waals surface area contributed by atoms with Crippen LogP contribution in [0.15, 0.2) is 35.2 Å². The number of carbonyl (C=O) groups is 1. The summed E-state index contributed by atoms with van der Waals surface area (Å²) in [5, 5.41) is 3.28. The summed E-state index contributed by atoms with van der Waals surface area (Å²) in [6, 6.07) is 9.49. The number of likely N-dealkylation sites (tertiary alicyclic amines) is 1. The third-order valence-corrected chi connectivity index (χ3v) is 7.79. The molecule has 1 amide bonds. The number of halogens is 1. The summed E-state index contributed by atoms with van der Waals surface area (Å²) in [6.45, 7) is 8.06. The van der Waals surface area contributed by atoms with Gasteiger partial charge >= 0.3 is 6.09 Å². The number of carbonyl (C=O) groups excluding carboxylic acids is 1. The first-order valence-corrected chi connectivity index (χ1v) is 12.9. The van der Waals surface area contributed by atoms with Crippen LogP contribution in [0.25, 0.3) is 0 Å². The lowest BCUT2D eigenvalue weighted by atomic mass is 9.89. The molecule has 3 aliphatic heterocycles. The lowest BCUT2D eigenvalue weighted by molar-refractivity contribution is 0.0189. The Labute approximate surface area is 204 Å². The van der Waals surface area contributed by atoms with Crippen LogP contribution in [0, 0.1) is 5.82 Å². The largest absolute Gasteiger partial charge is 0.497 e. The lowest BCUT2D eigenvalue weighted by Gasteiger charge is -2.39. The molecule has 0 saturated carbocycles. The van der Waals surface area contributed by atoms with Crippen molar-refractivity contribution in [1.82, 2.24) is 4.90 Å². The molecule has 0 unspecified atom stereocenters. The maximum atomic E-state index is 14.6. The molecular formula is C26H32FN3O3S. The molecule has 1 N–H and O–H groups in total. The predicted molar refractivity (Wildman–Crippen MR) is 134 cm³/mol. The van der Waals surface area contributed by atoms with Crippen LogP contribution in [0.3, 0.4) is 0 Å². The smallest absolute Gasteiger partial charge is 0.410 e. The molecule has 2 aromatic rings. The van der Waals surface area contributed by atoms with Crippen LogP contribution in [0.4, 0.5) is 26.2 Å². The molecule has 8 heteroatoms. The van der Waals surface area contributed by atoms with Gasteiger partial charge in [-0.05, 0) is 69.2 Å². The molecule has 1 fully saturated rings. The molecule has 0 radical (unpaired) electrons. The Hall–Kier alpha value is -2.61. The molecule has 0 spiro atoms. The molecule has 34 heavy (non-hydrogen) atoms. The van der Waals surface area contributed by atoms with Crippen molar-refractivity contribution in [3.8, 4) is 5.75 Å². The molecule has 182 valence electrons. The van der Waals surface area contributed by atoms with Crippen LogP contribution >= 0.6 is 11.8 Å². The molecule has 0 aliphatic carbocycles. The van der Waals surface area contributed by atoms with Gasteiger partial charge in [0.2, 0.25) is 0 Å². The van der Waals surface area contributed by atoms with Crippen molar-refractivity contribution in [2.45, 2.75) is 56.1 Å². The fraction of sp³-hybridized carbons (Fsp3) is 0.500. The molecule has 3 aliphatic rings. The number of nitrogens with zero attached hydrogens (tertiary/aromatic N) is 2.